The second kappa shape index (κ2) is 8.06. The monoisotopic (exact) mass is 390 g/mol. The lowest BCUT2D eigenvalue weighted by atomic mass is 10.0. The normalized spacial score (nSPS) is 18.2. The Balaban J connectivity index is 1.75. The molecule has 1 atom stereocenters. The topological polar surface area (TPSA) is 89.8 Å². The van der Waals surface area contributed by atoms with Gasteiger partial charge in [-0.3, -0.25) is 10.1 Å². The van der Waals surface area contributed by atoms with Crippen molar-refractivity contribution in [1.82, 2.24) is 4.31 Å². The van der Waals surface area contributed by atoms with Crippen LogP contribution in [0.4, 0.5) is 5.69 Å². The number of nitro groups is 1. The number of nitro benzene ring substituents is 1. The fourth-order valence-electron chi connectivity index (χ4n) is 3.33. The van der Waals surface area contributed by atoms with Crippen LogP contribution in [0.2, 0.25) is 0 Å². The van der Waals surface area contributed by atoms with Crippen LogP contribution in [0.1, 0.15) is 18.4 Å². The number of para-hydroxylation sites is 1. The fourth-order valence-corrected chi connectivity index (χ4v) is 5.13. The van der Waals surface area contributed by atoms with Crippen LogP contribution in [0.25, 0.3) is 0 Å². The first-order chi connectivity index (χ1) is 12.9. The Labute approximate surface area is 158 Å². The lowest BCUT2D eigenvalue weighted by molar-refractivity contribution is -0.385. The van der Waals surface area contributed by atoms with Crippen molar-refractivity contribution in [3.8, 4) is 5.75 Å². The summed E-state index contributed by atoms with van der Waals surface area (Å²) in [5.74, 6) is 0.833. The van der Waals surface area contributed by atoms with Crippen molar-refractivity contribution in [3.05, 3.63) is 64.2 Å². The van der Waals surface area contributed by atoms with Gasteiger partial charge in [0.2, 0.25) is 10.0 Å². The molecule has 2 aromatic carbocycles. The first-order valence-electron chi connectivity index (χ1n) is 8.81. The summed E-state index contributed by atoms with van der Waals surface area (Å²) in [7, 11) is -3.79. The van der Waals surface area contributed by atoms with Gasteiger partial charge in [0.15, 0.2) is 0 Å². The van der Waals surface area contributed by atoms with Crippen LogP contribution in [-0.4, -0.2) is 37.3 Å². The largest absolute Gasteiger partial charge is 0.493 e. The molecule has 1 saturated heterocycles. The van der Waals surface area contributed by atoms with E-state index in [1.807, 2.05) is 30.3 Å². The molecule has 0 aliphatic carbocycles. The molecule has 0 aromatic heterocycles. The standard InChI is InChI=1S/C19H22N2O5S/c1-15-18(21(22)23)10-5-11-19(15)27(24,25)20-12-6-7-16(13-20)14-26-17-8-3-2-4-9-17/h2-5,8-11,16H,6-7,12-14H2,1H3. The zero-order chi connectivity index (χ0) is 19.4. The molecule has 1 heterocycles. The first-order valence-corrected chi connectivity index (χ1v) is 10.3. The molecule has 1 fully saturated rings. The van der Waals surface area contributed by atoms with Crippen LogP contribution >= 0.6 is 0 Å². The SMILES string of the molecule is Cc1c([N+](=O)[O-])cccc1S(=O)(=O)N1CCCC(COc2ccccc2)C1. The minimum atomic E-state index is -3.79. The summed E-state index contributed by atoms with van der Waals surface area (Å²) < 4.78 is 33.3. The molecule has 144 valence electrons. The highest BCUT2D eigenvalue weighted by atomic mass is 32.2. The molecule has 0 N–H and O–H groups in total. The molecule has 0 saturated carbocycles. The van der Waals surface area contributed by atoms with Crippen molar-refractivity contribution in [3.63, 3.8) is 0 Å². The average molecular weight is 390 g/mol. The number of benzene rings is 2. The Bertz CT molecular complexity index is 915. The zero-order valence-corrected chi connectivity index (χ0v) is 15.9. The summed E-state index contributed by atoms with van der Waals surface area (Å²) in [6.45, 7) is 2.67. The minimum Gasteiger partial charge on any atom is -0.493 e. The van der Waals surface area contributed by atoms with Gasteiger partial charge in [-0.15, -0.1) is 0 Å². The van der Waals surface area contributed by atoms with Crippen molar-refractivity contribution in [2.24, 2.45) is 5.92 Å². The molecule has 1 unspecified atom stereocenters. The third-order valence-electron chi connectivity index (χ3n) is 4.78. The first kappa shape index (κ1) is 19.3. The van der Waals surface area contributed by atoms with Gasteiger partial charge in [-0.05, 0) is 38.0 Å². The number of sulfonamides is 1. The zero-order valence-electron chi connectivity index (χ0n) is 15.1. The second-order valence-electron chi connectivity index (χ2n) is 6.65. The van der Waals surface area contributed by atoms with Crippen LogP contribution in [0.5, 0.6) is 5.75 Å². The van der Waals surface area contributed by atoms with Gasteiger partial charge in [0.25, 0.3) is 5.69 Å². The Morgan fingerprint density at radius 2 is 1.93 bits per heavy atom. The Hall–Kier alpha value is -2.45. The van der Waals surface area contributed by atoms with Crippen LogP contribution in [0.3, 0.4) is 0 Å². The van der Waals surface area contributed by atoms with E-state index in [-0.39, 0.29) is 22.1 Å². The predicted molar refractivity (Wildman–Crippen MR) is 101 cm³/mol. The van der Waals surface area contributed by atoms with E-state index in [9.17, 15) is 18.5 Å². The quantitative estimate of drug-likeness (QED) is 0.557. The van der Waals surface area contributed by atoms with Gasteiger partial charge in [0, 0.05) is 30.6 Å². The smallest absolute Gasteiger partial charge is 0.273 e. The van der Waals surface area contributed by atoms with Gasteiger partial charge < -0.3 is 4.74 Å². The highest BCUT2D eigenvalue weighted by Gasteiger charge is 2.33. The third kappa shape index (κ3) is 4.28. The van der Waals surface area contributed by atoms with Gasteiger partial charge in [0.05, 0.1) is 16.4 Å². The number of nitrogens with zero attached hydrogens (tertiary/aromatic N) is 2. The van der Waals surface area contributed by atoms with Crippen LogP contribution in [-0.2, 0) is 10.0 Å². The predicted octanol–water partition coefficient (Wildman–Crippen LogP) is 3.38. The molecule has 1 aliphatic heterocycles. The summed E-state index contributed by atoms with van der Waals surface area (Å²) in [5, 5.41) is 11.1. The van der Waals surface area contributed by atoms with Crippen LogP contribution < -0.4 is 4.74 Å². The van der Waals surface area contributed by atoms with Crippen molar-refractivity contribution in [2.45, 2.75) is 24.7 Å². The Morgan fingerprint density at radius 1 is 1.19 bits per heavy atom. The van der Waals surface area contributed by atoms with Gasteiger partial charge in [-0.25, -0.2) is 8.42 Å². The number of hydrogen-bond acceptors (Lipinski definition) is 5. The highest BCUT2D eigenvalue weighted by Crippen LogP contribution is 2.30. The average Bonchev–Trinajstić information content (AvgIpc) is 2.67. The molecule has 2 aromatic rings. The molecule has 0 spiro atoms. The summed E-state index contributed by atoms with van der Waals surface area (Å²) >= 11 is 0. The second-order valence-corrected chi connectivity index (χ2v) is 8.56. The third-order valence-corrected chi connectivity index (χ3v) is 6.79. The number of hydrogen-bond donors (Lipinski definition) is 0. The molecule has 27 heavy (non-hydrogen) atoms. The maximum absolute atomic E-state index is 13.1. The van der Waals surface area contributed by atoms with E-state index in [2.05, 4.69) is 0 Å². The van der Waals surface area contributed by atoms with Crippen molar-refractivity contribution >= 4 is 15.7 Å². The van der Waals surface area contributed by atoms with Crippen molar-refractivity contribution in [1.29, 1.82) is 0 Å². The maximum atomic E-state index is 13.1. The van der Waals surface area contributed by atoms with Gasteiger partial charge in [-0.1, -0.05) is 24.3 Å². The molecule has 1 aliphatic rings. The summed E-state index contributed by atoms with van der Waals surface area (Å²) in [6.07, 6.45) is 1.61. The lowest BCUT2D eigenvalue weighted by Crippen LogP contribution is -2.41. The van der Waals surface area contributed by atoms with Crippen LogP contribution in [0.15, 0.2) is 53.4 Å². The molecule has 0 radical (unpaired) electrons. The van der Waals surface area contributed by atoms with E-state index in [1.54, 1.807) is 0 Å². The van der Waals surface area contributed by atoms with E-state index in [1.165, 1.54) is 29.4 Å². The molecule has 0 amide bonds. The lowest BCUT2D eigenvalue weighted by Gasteiger charge is -2.32. The molecule has 7 nitrogen and oxygen atoms in total. The maximum Gasteiger partial charge on any atom is 0.273 e. The van der Waals surface area contributed by atoms with Gasteiger partial charge in [0.1, 0.15) is 5.75 Å². The van der Waals surface area contributed by atoms with Gasteiger partial charge in [-0.2, -0.15) is 4.31 Å². The minimum absolute atomic E-state index is 0.00123. The van der Waals surface area contributed by atoms with Crippen molar-refractivity contribution in [2.75, 3.05) is 19.7 Å². The molecule has 8 heteroatoms. The fraction of sp³-hybridized carbons (Fsp3) is 0.368. The number of rotatable bonds is 6. The molecule has 3 rings (SSSR count). The van der Waals surface area contributed by atoms with E-state index in [0.717, 1.165) is 18.6 Å². The van der Waals surface area contributed by atoms with Gasteiger partial charge >= 0.3 is 0 Å². The van der Waals surface area contributed by atoms with Crippen molar-refractivity contribution < 1.29 is 18.1 Å². The molecular formula is C19H22N2O5S. The van der Waals surface area contributed by atoms with E-state index >= 15 is 0 Å². The Kier molecular flexibility index (Phi) is 5.76. The number of piperidine rings is 1. The summed E-state index contributed by atoms with van der Waals surface area (Å²) in [5.41, 5.74) is -0.0118. The molecular weight excluding hydrogens is 368 g/mol. The van der Waals surface area contributed by atoms with E-state index in [0.29, 0.717) is 19.7 Å². The summed E-state index contributed by atoms with van der Waals surface area (Å²) in [6, 6.07) is 13.6. The van der Waals surface area contributed by atoms with E-state index in [4.69, 9.17) is 4.74 Å². The van der Waals surface area contributed by atoms with E-state index < -0.39 is 14.9 Å². The number of ether oxygens (including phenoxy) is 1. The van der Waals surface area contributed by atoms with Crippen LogP contribution in [0, 0.1) is 23.0 Å². The molecule has 0 bridgehead atoms. The highest BCUT2D eigenvalue weighted by molar-refractivity contribution is 7.89. The summed E-state index contributed by atoms with van der Waals surface area (Å²) in [4.78, 5) is 10.6. The Morgan fingerprint density at radius 3 is 2.63 bits per heavy atom.